The Bertz CT molecular complexity index is 1120. The molecule has 28 heavy (non-hydrogen) atoms. The number of amides is 1. The van der Waals surface area contributed by atoms with Gasteiger partial charge in [-0.3, -0.25) is 4.79 Å². The number of nitrogens with zero attached hydrogens (tertiary/aromatic N) is 3. The van der Waals surface area contributed by atoms with Crippen LogP contribution in [0.3, 0.4) is 0 Å². The van der Waals surface area contributed by atoms with E-state index in [-0.39, 0.29) is 11.8 Å². The van der Waals surface area contributed by atoms with Gasteiger partial charge in [0.1, 0.15) is 0 Å². The molecule has 0 spiro atoms. The lowest BCUT2D eigenvalue weighted by atomic mass is 10.1. The van der Waals surface area contributed by atoms with Gasteiger partial charge >= 0.3 is 0 Å². The van der Waals surface area contributed by atoms with Gasteiger partial charge in [0.25, 0.3) is 0 Å². The third-order valence-electron chi connectivity index (χ3n) is 5.30. The highest BCUT2D eigenvalue weighted by molar-refractivity contribution is 5.83. The summed E-state index contributed by atoms with van der Waals surface area (Å²) in [7, 11) is 0. The molecule has 1 atom stereocenters. The molecule has 6 nitrogen and oxygen atoms in total. The predicted octanol–water partition coefficient (Wildman–Crippen LogP) is 3.66. The number of hydrogen-bond acceptors (Lipinski definition) is 4. The molecule has 1 unspecified atom stereocenters. The molecule has 6 heteroatoms. The lowest BCUT2D eigenvalue weighted by Crippen LogP contribution is -2.24. The largest absolute Gasteiger partial charge is 0.361 e. The topological polar surface area (TPSA) is 75.0 Å². The molecule has 1 aliphatic rings. The van der Waals surface area contributed by atoms with Crippen LogP contribution in [0.15, 0.2) is 65.3 Å². The minimum absolute atomic E-state index is 0.0170. The third kappa shape index (κ3) is 3.17. The van der Waals surface area contributed by atoms with E-state index in [9.17, 15) is 4.79 Å². The summed E-state index contributed by atoms with van der Waals surface area (Å²) in [6, 6.07) is 18.2. The molecule has 1 amide bonds. The van der Waals surface area contributed by atoms with E-state index in [2.05, 4.69) is 21.2 Å². The van der Waals surface area contributed by atoms with Crippen LogP contribution in [-0.4, -0.2) is 32.5 Å². The fourth-order valence-electron chi connectivity index (χ4n) is 3.85. The molecular weight excluding hydrogens is 352 g/mol. The number of benzene rings is 2. The zero-order valence-electron chi connectivity index (χ0n) is 15.3. The molecule has 4 aromatic rings. The van der Waals surface area contributed by atoms with E-state index >= 15 is 0 Å². The number of nitrogens with one attached hydrogen (secondary N) is 1. The molecule has 0 radical (unpaired) electrons. The highest BCUT2D eigenvalue weighted by Gasteiger charge is 2.33. The maximum absolute atomic E-state index is 12.4. The zero-order valence-corrected chi connectivity index (χ0v) is 15.3. The Kier molecular flexibility index (Phi) is 4.16. The SMILES string of the molecule is O=C1CC(c2noc(Cc3c[nH]c4ccccc34)n2)CN1Cc1ccccc1. The van der Waals surface area contributed by atoms with Crippen LogP contribution in [-0.2, 0) is 17.8 Å². The summed E-state index contributed by atoms with van der Waals surface area (Å²) in [6.45, 7) is 1.25. The molecule has 0 saturated carbocycles. The summed E-state index contributed by atoms with van der Waals surface area (Å²) in [5, 5.41) is 5.32. The fourth-order valence-corrected chi connectivity index (χ4v) is 3.85. The third-order valence-corrected chi connectivity index (χ3v) is 5.30. The number of carbonyl (C=O) groups is 1. The lowest BCUT2D eigenvalue weighted by Gasteiger charge is -2.15. The van der Waals surface area contributed by atoms with E-state index in [1.807, 2.05) is 59.6 Å². The summed E-state index contributed by atoms with van der Waals surface area (Å²) in [5.74, 6) is 1.32. The molecule has 3 heterocycles. The van der Waals surface area contributed by atoms with Gasteiger partial charge < -0.3 is 14.4 Å². The van der Waals surface area contributed by atoms with E-state index in [0.29, 0.717) is 37.6 Å². The fraction of sp³-hybridized carbons (Fsp3) is 0.227. The first-order valence-corrected chi connectivity index (χ1v) is 9.45. The highest BCUT2D eigenvalue weighted by Crippen LogP contribution is 2.28. The molecule has 2 aromatic carbocycles. The summed E-state index contributed by atoms with van der Waals surface area (Å²) >= 11 is 0. The van der Waals surface area contributed by atoms with Gasteiger partial charge in [0.05, 0.1) is 6.42 Å². The Hall–Kier alpha value is -3.41. The first kappa shape index (κ1) is 16.7. The van der Waals surface area contributed by atoms with E-state index < -0.39 is 0 Å². The summed E-state index contributed by atoms with van der Waals surface area (Å²) in [4.78, 5) is 22.1. The van der Waals surface area contributed by atoms with Crippen LogP contribution in [0.2, 0.25) is 0 Å². The number of hydrogen-bond donors (Lipinski definition) is 1. The average molecular weight is 372 g/mol. The number of fused-ring (bicyclic) bond motifs is 1. The standard InChI is InChI=1S/C22H20N4O2/c27-21-11-17(14-26(21)13-15-6-2-1-3-7-15)22-24-20(28-25-22)10-16-12-23-19-9-5-4-8-18(16)19/h1-9,12,17,23H,10-11,13-14H2. The maximum Gasteiger partial charge on any atom is 0.231 e. The normalized spacial score (nSPS) is 16.9. The molecule has 1 aliphatic heterocycles. The Morgan fingerprint density at radius 1 is 1.11 bits per heavy atom. The second-order valence-electron chi connectivity index (χ2n) is 7.24. The van der Waals surface area contributed by atoms with Gasteiger partial charge in [-0.15, -0.1) is 0 Å². The van der Waals surface area contributed by atoms with Crippen molar-refractivity contribution >= 4 is 16.8 Å². The van der Waals surface area contributed by atoms with Crippen LogP contribution in [0, 0.1) is 0 Å². The van der Waals surface area contributed by atoms with Gasteiger partial charge in [-0.25, -0.2) is 0 Å². The lowest BCUT2D eigenvalue weighted by molar-refractivity contribution is -0.128. The van der Waals surface area contributed by atoms with Crippen molar-refractivity contribution in [3.05, 3.63) is 83.6 Å². The Labute approximate surface area is 162 Å². The van der Waals surface area contributed by atoms with Crippen molar-refractivity contribution in [2.75, 3.05) is 6.54 Å². The molecule has 1 N–H and O–H groups in total. The average Bonchev–Trinajstić information content (AvgIpc) is 3.43. The summed E-state index contributed by atoms with van der Waals surface area (Å²) in [5.41, 5.74) is 3.35. The quantitative estimate of drug-likeness (QED) is 0.580. The van der Waals surface area contributed by atoms with Crippen LogP contribution < -0.4 is 0 Å². The van der Waals surface area contributed by atoms with Gasteiger partial charge in [0.15, 0.2) is 5.82 Å². The number of aromatic nitrogens is 3. The number of likely N-dealkylation sites (tertiary alicyclic amines) is 1. The number of H-pyrrole nitrogens is 1. The van der Waals surface area contributed by atoms with E-state index in [1.165, 1.54) is 0 Å². The first-order valence-electron chi connectivity index (χ1n) is 9.45. The van der Waals surface area contributed by atoms with Crippen molar-refractivity contribution in [3.8, 4) is 0 Å². The van der Waals surface area contributed by atoms with Crippen LogP contribution in [0.5, 0.6) is 0 Å². The van der Waals surface area contributed by atoms with Gasteiger partial charge in [-0.05, 0) is 17.2 Å². The van der Waals surface area contributed by atoms with E-state index in [1.54, 1.807) is 0 Å². The number of para-hydroxylation sites is 1. The summed E-state index contributed by atoms with van der Waals surface area (Å²) < 4.78 is 5.48. The van der Waals surface area contributed by atoms with Gasteiger partial charge in [-0.1, -0.05) is 53.7 Å². The van der Waals surface area contributed by atoms with Crippen LogP contribution >= 0.6 is 0 Å². The minimum Gasteiger partial charge on any atom is -0.361 e. The monoisotopic (exact) mass is 372 g/mol. The zero-order chi connectivity index (χ0) is 18.9. The van der Waals surface area contributed by atoms with Crippen LogP contribution in [0.1, 0.15) is 35.2 Å². The molecular formula is C22H20N4O2. The number of aromatic amines is 1. The second kappa shape index (κ2) is 6.96. The highest BCUT2D eigenvalue weighted by atomic mass is 16.5. The second-order valence-corrected chi connectivity index (χ2v) is 7.24. The van der Waals surface area contributed by atoms with Crippen molar-refractivity contribution in [1.29, 1.82) is 0 Å². The number of carbonyl (C=O) groups excluding carboxylic acids is 1. The van der Waals surface area contributed by atoms with Crippen molar-refractivity contribution in [2.45, 2.75) is 25.3 Å². The maximum atomic E-state index is 12.4. The van der Waals surface area contributed by atoms with Crippen molar-refractivity contribution < 1.29 is 9.32 Å². The smallest absolute Gasteiger partial charge is 0.231 e. The molecule has 0 aliphatic carbocycles. The van der Waals surface area contributed by atoms with Crippen molar-refractivity contribution in [3.63, 3.8) is 0 Å². The van der Waals surface area contributed by atoms with Gasteiger partial charge in [0, 0.05) is 42.5 Å². The Morgan fingerprint density at radius 2 is 1.93 bits per heavy atom. The number of rotatable bonds is 5. The molecule has 140 valence electrons. The molecule has 1 fully saturated rings. The first-order chi connectivity index (χ1) is 13.8. The predicted molar refractivity (Wildman–Crippen MR) is 105 cm³/mol. The van der Waals surface area contributed by atoms with Crippen molar-refractivity contribution in [2.24, 2.45) is 0 Å². The molecule has 5 rings (SSSR count). The van der Waals surface area contributed by atoms with E-state index in [0.717, 1.165) is 22.0 Å². The minimum atomic E-state index is -0.0170. The van der Waals surface area contributed by atoms with Gasteiger partial charge in [0.2, 0.25) is 11.8 Å². The Morgan fingerprint density at radius 3 is 2.82 bits per heavy atom. The van der Waals surface area contributed by atoms with Gasteiger partial charge in [-0.2, -0.15) is 4.98 Å². The Balaban J connectivity index is 1.29. The van der Waals surface area contributed by atoms with Crippen molar-refractivity contribution in [1.82, 2.24) is 20.0 Å². The molecule has 0 bridgehead atoms. The van der Waals surface area contributed by atoms with Crippen LogP contribution in [0.25, 0.3) is 10.9 Å². The summed E-state index contributed by atoms with van der Waals surface area (Å²) in [6.07, 6.45) is 2.99. The van der Waals surface area contributed by atoms with E-state index in [4.69, 9.17) is 4.52 Å². The van der Waals surface area contributed by atoms with Crippen LogP contribution in [0.4, 0.5) is 0 Å². The molecule has 1 saturated heterocycles. The molecule has 2 aromatic heterocycles.